The molecule has 1 fully saturated rings. The van der Waals surface area contributed by atoms with E-state index in [2.05, 4.69) is 10.2 Å². The van der Waals surface area contributed by atoms with E-state index in [0.717, 1.165) is 24.3 Å². The van der Waals surface area contributed by atoms with E-state index in [1.165, 1.54) is 0 Å². The highest BCUT2D eigenvalue weighted by molar-refractivity contribution is 6.31. The van der Waals surface area contributed by atoms with Crippen molar-refractivity contribution in [1.29, 1.82) is 0 Å². The summed E-state index contributed by atoms with van der Waals surface area (Å²) in [5, 5.41) is 13.8. The lowest BCUT2D eigenvalue weighted by Gasteiger charge is -2.40. The number of nitrogens with zero attached hydrogens (tertiary/aromatic N) is 1. The maximum Gasteiger partial charge on any atom is 0.311 e. The van der Waals surface area contributed by atoms with E-state index >= 15 is 0 Å². The molecule has 0 aliphatic carbocycles. The zero-order valence-corrected chi connectivity index (χ0v) is 16.2. The average molecular weight is 403 g/mol. The molecular formula is C21H23ClN2O4. The van der Waals surface area contributed by atoms with Crippen LogP contribution in [0.25, 0.3) is 0 Å². The number of piperazine rings is 1. The first-order valence-electron chi connectivity index (χ1n) is 9.47. The van der Waals surface area contributed by atoms with Gasteiger partial charge < -0.3 is 24.8 Å². The number of hydrogen-bond acceptors (Lipinski definition) is 5. The fraction of sp³-hybridized carbons (Fsp3) is 0.381. The normalized spacial score (nSPS) is 19.9. The van der Waals surface area contributed by atoms with Gasteiger partial charge in [0, 0.05) is 36.8 Å². The topological polar surface area (TPSA) is 71.0 Å². The first-order valence-corrected chi connectivity index (χ1v) is 9.85. The van der Waals surface area contributed by atoms with E-state index in [4.69, 9.17) is 21.1 Å². The van der Waals surface area contributed by atoms with Gasteiger partial charge >= 0.3 is 5.97 Å². The second-order valence-electron chi connectivity index (χ2n) is 7.04. The molecular weight excluding hydrogens is 380 g/mol. The van der Waals surface area contributed by atoms with E-state index in [1.54, 1.807) is 6.07 Å². The number of ether oxygens (including phenoxy) is 2. The Bertz CT molecular complexity index is 846. The summed E-state index contributed by atoms with van der Waals surface area (Å²) in [7, 11) is 0. The molecule has 2 aromatic carbocycles. The van der Waals surface area contributed by atoms with Crippen LogP contribution >= 0.6 is 11.6 Å². The molecule has 0 saturated carbocycles. The molecule has 0 radical (unpaired) electrons. The van der Waals surface area contributed by atoms with Crippen LogP contribution in [0.3, 0.4) is 0 Å². The number of anilines is 1. The van der Waals surface area contributed by atoms with Crippen molar-refractivity contribution in [2.24, 2.45) is 0 Å². The average Bonchev–Trinajstić information content (AvgIpc) is 2.72. The van der Waals surface area contributed by atoms with Crippen LogP contribution in [0.4, 0.5) is 5.69 Å². The van der Waals surface area contributed by atoms with E-state index in [0.29, 0.717) is 42.7 Å². The van der Waals surface area contributed by atoms with Gasteiger partial charge in [0.1, 0.15) is 13.2 Å². The highest BCUT2D eigenvalue weighted by Crippen LogP contribution is 2.43. The number of halogens is 1. The molecule has 148 valence electrons. The van der Waals surface area contributed by atoms with Crippen molar-refractivity contribution in [3.63, 3.8) is 0 Å². The molecule has 2 aliphatic rings. The Morgan fingerprint density at radius 1 is 1.25 bits per heavy atom. The summed E-state index contributed by atoms with van der Waals surface area (Å²) < 4.78 is 11.6. The van der Waals surface area contributed by atoms with Crippen LogP contribution < -0.4 is 19.7 Å². The molecule has 2 atom stereocenters. The first-order chi connectivity index (χ1) is 13.6. The van der Waals surface area contributed by atoms with Gasteiger partial charge in [-0.1, -0.05) is 41.9 Å². The predicted molar refractivity (Wildman–Crippen MR) is 108 cm³/mol. The zero-order chi connectivity index (χ0) is 19.5. The van der Waals surface area contributed by atoms with Crippen LogP contribution in [0.2, 0.25) is 5.02 Å². The number of benzene rings is 2. The molecule has 0 aromatic heterocycles. The number of carboxylic acid groups (broad SMARTS) is 1. The van der Waals surface area contributed by atoms with Gasteiger partial charge in [0.15, 0.2) is 11.5 Å². The maximum absolute atomic E-state index is 12.0. The summed E-state index contributed by atoms with van der Waals surface area (Å²) in [6, 6.07) is 13.0. The van der Waals surface area contributed by atoms with Crippen molar-refractivity contribution in [3.8, 4) is 11.5 Å². The van der Waals surface area contributed by atoms with E-state index in [1.807, 2.05) is 36.4 Å². The highest BCUT2D eigenvalue weighted by Gasteiger charge is 2.32. The molecule has 2 aromatic rings. The monoisotopic (exact) mass is 402 g/mol. The lowest BCUT2D eigenvalue weighted by Crippen LogP contribution is -2.52. The smallest absolute Gasteiger partial charge is 0.311 e. The van der Waals surface area contributed by atoms with Gasteiger partial charge in [-0.15, -0.1) is 0 Å². The zero-order valence-electron chi connectivity index (χ0n) is 15.4. The number of hydrogen-bond donors (Lipinski definition) is 2. The van der Waals surface area contributed by atoms with E-state index in [9.17, 15) is 9.90 Å². The Balaban J connectivity index is 1.65. The second-order valence-corrected chi connectivity index (χ2v) is 7.47. The largest absolute Gasteiger partial charge is 0.486 e. The predicted octanol–water partition coefficient (Wildman–Crippen LogP) is 3.15. The molecule has 2 N–H and O–H groups in total. The summed E-state index contributed by atoms with van der Waals surface area (Å²) in [4.78, 5) is 14.2. The molecule has 28 heavy (non-hydrogen) atoms. The molecule has 6 nitrogen and oxygen atoms in total. The van der Waals surface area contributed by atoms with Crippen LogP contribution in [0.15, 0.2) is 42.5 Å². The van der Waals surface area contributed by atoms with Crippen molar-refractivity contribution in [1.82, 2.24) is 5.32 Å². The van der Waals surface area contributed by atoms with Gasteiger partial charge in [-0.25, -0.2) is 0 Å². The Hall–Kier alpha value is -2.44. The van der Waals surface area contributed by atoms with Gasteiger partial charge in [0.05, 0.1) is 11.6 Å². The van der Waals surface area contributed by atoms with Crippen LogP contribution in [-0.4, -0.2) is 50.0 Å². The number of fused-ring (bicyclic) bond motifs is 1. The summed E-state index contributed by atoms with van der Waals surface area (Å²) in [5.74, 6) is -0.0665. The summed E-state index contributed by atoms with van der Waals surface area (Å²) in [6.45, 7) is 3.22. The quantitative estimate of drug-likeness (QED) is 0.800. The number of nitrogens with one attached hydrogen (secondary N) is 1. The van der Waals surface area contributed by atoms with Gasteiger partial charge in [-0.05, 0) is 18.1 Å². The van der Waals surface area contributed by atoms with Gasteiger partial charge in [-0.3, -0.25) is 4.79 Å². The first kappa shape index (κ1) is 18.9. The standard InChI is InChI=1S/C21H23ClN2O4/c22-15-10-18(20-19(11-15)27-8-9-28-20)24-7-6-23-13-16(24)12-17(21(25)26)14-4-2-1-3-5-14/h1-5,10-11,16-17,23H,6-9,12-13H2,(H,25,26). The van der Waals surface area contributed by atoms with Crippen molar-refractivity contribution < 1.29 is 19.4 Å². The number of rotatable bonds is 5. The van der Waals surface area contributed by atoms with Crippen LogP contribution in [0, 0.1) is 0 Å². The minimum absolute atomic E-state index is 0.0110. The summed E-state index contributed by atoms with van der Waals surface area (Å²) >= 11 is 6.33. The molecule has 2 aliphatic heterocycles. The van der Waals surface area contributed by atoms with Crippen molar-refractivity contribution in [2.45, 2.75) is 18.4 Å². The number of aliphatic carboxylic acids is 1. The molecule has 2 heterocycles. The highest BCUT2D eigenvalue weighted by atomic mass is 35.5. The van der Waals surface area contributed by atoms with E-state index in [-0.39, 0.29) is 6.04 Å². The fourth-order valence-corrected chi connectivity index (χ4v) is 4.14. The summed E-state index contributed by atoms with van der Waals surface area (Å²) in [6.07, 6.45) is 0.481. The minimum atomic E-state index is -0.815. The number of carbonyl (C=O) groups is 1. The molecule has 0 spiro atoms. The van der Waals surface area contributed by atoms with Crippen LogP contribution in [-0.2, 0) is 4.79 Å². The fourth-order valence-electron chi connectivity index (χ4n) is 3.94. The van der Waals surface area contributed by atoms with Gasteiger partial charge in [0.25, 0.3) is 0 Å². The Kier molecular flexibility index (Phi) is 5.59. The molecule has 0 amide bonds. The minimum Gasteiger partial charge on any atom is -0.486 e. The number of carboxylic acids is 1. The third-order valence-electron chi connectivity index (χ3n) is 5.25. The van der Waals surface area contributed by atoms with Crippen molar-refractivity contribution in [3.05, 3.63) is 53.1 Å². The SMILES string of the molecule is O=C(O)C(CC1CNCCN1c1cc(Cl)cc2c1OCCO2)c1ccccc1. The van der Waals surface area contributed by atoms with Crippen molar-refractivity contribution >= 4 is 23.3 Å². The van der Waals surface area contributed by atoms with E-state index < -0.39 is 11.9 Å². The summed E-state index contributed by atoms with van der Waals surface area (Å²) in [5.41, 5.74) is 1.68. The third-order valence-corrected chi connectivity index (χ3v) is 5.47. The third kappa shape index (κ3) is 3.88. The molecule has 2 unspecified atom stereocenters. The van der Waals surface area contributed by atoms with Gasteiger partial charge in [0.2, 0.25) is 0 Å². The lowest BCUT2D eigenvalue weighted by atomic mass is 9.90. The maximum atomic E-state index is 12.0. The van der Waals surface area contributed by atoms with Crippen LogP contribution in [0.5, 0.6) is 11.5 Å². The second kappa shape index (κ2) is 8.29. The van der Waals surface area contributed by atoms with Gasteiger partial charge in [-0.2, -0.15) is 0 Å². The Morgan fingerprint density at radius 2 is 2.04 bits per heavy atom. The van der Waals surface area contributed by atoms with Crippen molar-refractivity contribution in [2.75, 3.05) is 37.7 Å². The molecule has 1 saturated heterocycles. The Morgan fingerprint density at radius 3 is 2.82 bits per heavy atom. The molecule has 4 rings (SSSR count). The molecule has 0 bridgehead atoms. The molecule has 7 heteroatoms. The lowest BCUT2D eigenvalue weighted by molar-refractivity contribution is -0.139. The van der Waals surface area contributed by atoms with Crippen LogP contribution in [0.1, 0.15) is 17.9 Å². The Labute approximate surface area is 169 Å².